The van der Waals surface area contributed by atoms with E-state index in [1.165, 1.54) is 10.1 Å². The van der Waals surface area contributed by atoms with E-state index < -0.39 is 0 Å². The molecule has 3 heterocycles. The van der Waals surface area contributed by atoms with Crippen molar-refractivity contribution in [2.24, 2.45) is 4.99 Å². The van der Waals surface area contributed by atoms with Gasteiger partial charge in [-0.2, -0.15) is 0 Å². The molecule has 0 N–H and O–H groups in total. The molecule has 0 aliphatic carbocycles. The van der Waals surface area contributed by atoms with Crippen molar-refractivity contribution in [1.29, 1.82) is 0 Å². The second-order valence-electron chi connectivity index (χ2n) is 3.32. The molecule has 0 saturated carbocycles. The zero-order valence-corrected chi connectivity index (χ0v) is 11.7. The van der Waals surface area contributed by atoms with Gasteiger partial charge in [-0.15, -0.1) is 0 Å². The summed E-state index contributed by atoms with van der Waals surface area (Å²) in [6, 6.07) is 0.174. The number of hydrogen-bond acceptors (Lipinski definition) is 4. The van der Waals surface area contributed by atoms with Crippen LogP contribution < -0.4 is 21.2 Å². The van der Waals surface area contributed by atoms with Crippen LogP contribution in [-0.4, -0.2) is 26.9 Å². The van der Waals surface area contributed by atoms with Crippen LogP contribution in [0.15, 0.2) is 10.1 Å². The van der Waals surface area contributed by atoms with E-state index >= 15 is 0 Å². The third kappa shape index (κ3) is 2.01. The van der Waals surface area contributed by atoms with Crippen molar-refractivity contribution in [3.8, 4) is 0 Å². The molecule has 15 heavy (non-hydrogen) atoms. The normalized spacial score (nSPS) is 27.3. The molecule has 0 bridgehead atoms. The van der Waals surface area contributed by atoms with Gasteiger partial charge in [0.2, 0.25) is 0 Å². The van der Waals surface area contributed by atoms with Crippen molar-refractivity contribution >= 4 is 29.6 Å². The van der Waals surface area contributed by atoms with Gasteiger partial charge in [-0.3, -0.25) is 0 Å². The monoisotopic (exact) mass is 352 g/mol. The zero-order chi connectivity index (χ0) is 10.4. The van der Waals surface area contributed by atoms with Crippen molar-refractivity contribution < 1.29 is 21.2 Å². The number of rotatable bonds is 3. The van der Waals surface area contributed by atoms with Crippen molar-refractivity contribution in [1.82, 2.24) is 9.97 Å². The van der Waals surface area contributed by atoms with E-state index in [9.17, 15) is 0 Å². The van der Waals surface area contributed by atoms with Crippen molar-refractivity contribution in [2.45, 2.75) is 15.1 Å². The van der Waals surface area contributed by atoms with Gasteiger partial charge in [0.05, 0.1) is 0 Å². The van der Waals surface area contributed by atoms with Gasteiger partial charge in [0, 0.05) is 0 Å². The summed E-state index contributed by atoms with van der Waals surface area (Å²) < 4.78 is 2.04. The molecule has 2 aliphatic heterocycles. The third-order valence-electron chi connectivity index (χ3n) is 2.29. The molecule has 1 aromatic rings. The number of thioether (sulfide) groups is 1. The SMILES string of the molecule is CSc1nc(Cl)c(C2C=N2)c(C2C[I-]2)n1. The average molecular weight is 353 g/mol. The van der Waals surface area contributed by atoms with Crippen LogP contribution in [0.1, 0.15) is 21.2 Å². The molecule has 0 spiro atoms. The molecule has 2 atom stereocenters. The second-order valence-corrected chi connectivity index (χ2v) is 7.72. The van der Waals surface area contributed by atoms with Crippen LogP contribution in [0.5, 0.6) is 0 Å². The number of alkyl halides is 2. The van der Waals surface area contributed by atoms with Gasteiger partial charge < -0.3 is 0 Å². The second kappa shape index (κ2) is 3.85. The Hall–Kier alpha value is 0.120. The molecule has 2 aliphatic rings. The number of halogens is 2. The van der Waals surface area contributed by atoms with E-state index in [1.807, 2.05) is 12.5 Å². The Labute approximate surface area is 107 Å². The van der Waals surface area contributed by atoms with Crippen LogP contribution in [0.2, 0.25) is 5.15 Å². The van der Waals surface area contributed by atoms with Crippen LogP contribution in [0.4, 0.5) is 0 Å². The molecule has 1 aromatic heterocycles. The zero-order valence-electron chi connectivity index (χ0n) is 7.94. The standard InChI is InChI=1S/C9H8ClIN3S/c1-15-9-13-7(4-2-11-4)6(5-3-12-5)8(10)14-9/h3-5H,2H2,1H3/q-1. The van der Waals surface area contributed by atoms with Crippen LogP contribution in [0.25, 0.3) is 0 Å². The van der Waals surface area contributed by atoms with Gasteiger partial charge in [-0.1, -0.05) is 0 Å². The summed E-state index contributed by atoms with van der Waals surface area (Å²) in [5.74, 6) is 0. The van der Waals surface area contributed by atoms with Crippen molar-refractivity contribution in [3.63, 3.8) is 0 Å². The van der Waals surface area contributed by atoms with Gasteiger partial charge in [0.1, 0.15) is 0 Å². The summed E-state index contributed by atoms with van der Waals surface area (Å²) in [6.07, 6.45) is 3.89. The van der Waals surface area contributed by atoms with E-state index in [0.717, 1.165) is 10.7 Å². The number of aliphatic imine (C=N–C) groups is 1. The van der Waals surface area contributed by atoms with Crippen LogP contribution >= 0.6 is 23.4 Å². The third-order valence-corrected chi connectivity index (χ3v) is 5.48. The Kier molecular flexibility index (Phi) is 2.64. The number of nitrogens with zero attached hydrogens (tertiary/aromatic N) is 3. The van der Waals surface area contributed by atoms with Crippen molar-refractivity contribution in [2.75, 3.05) is 10.7 Å². The minimum absolute atomic E-state index is 0.174. The van der Waals surface area contributed by atoms with Gasteiger partial charge in [0.25, 0.3) is 0 Å². The number of hydrogen-bond donors (Lipinski definition) is 0. The Balaban J connectivity index is 2.09. The first-order valence-corrected chi connectivity index (χ1v) is 8.89. The summed E-state index contributed by atoms with van der Waals surface area (Å²) in [7, 11) is 0. The fraction of sp³-hybridized carbons (Fsp3) is 0.444. The quantitative estimate of drug-likeness (QED) is 0.233. The minimum atomic E-state index is 0.174. The van der Waals surface area contributed by atoms with Crippen LogP contribution in [0, 0.1) is 0 Å². The fourth-order valence-corrected chi connectivity index (χ4v) is 3.70. The number of aromatic nitrogens is 2. The van der Waals surface area contributed by atoms with Gasteiger partial charge in [-0.25, -0.2) is 0 Å². The predicted octanol–water partition coefficient (Wildman–Crippen LogP) is -0.879. The van der Waals surface area contributed by atoms with E-state index in [-0.39, 0.29) is 6.04 Å². The van der Waals surface area contributed by atoms with E-state index in [4.69, 9.17) is 11.6 Å². The molecule has 3 rings (SSSR count). The molecule has 2 unspecified atom stereocenters. The molecular formula is C9H8ClIN3S-. The molecule has 80 valence electrons. The molecule has 1 saturated heterocycles. The maximum absolute atomic E-state index is 6.19. The Morgan fingerprint density at radius 2 is 2.27 bits per heavy atom. The predicted molar refractivity (Wildman–Crippen MR) is 57.7 cm³/mol. The van der Waals surface area contributed by atoms with Crippen LogP contribution in [0.3, 0.4) is 0 Å². The molecule has 1 fully saturated rings. The van der Waals surface area contributed by atoms with E-state index in [0.29, 0.717) is 30.3 Å². The summed E-state index contributed by atoms with van der Waals surface area (Å²) in [5, 5.41) is 1.39. The first-order valence-electron chi connectivity index (χ1n) is 4.52. The molecule has 0 radical (unpaired) electrons. The molecular weight excluding hydrogens is 345 g/mol. The van der Waals surface area contributed by atoms with E-state index in [2.05, 4.69) is 15.0 Å². The summed E-state index contributed by atoms with van der Waals surface area (Å²) in [6.45, 7) is 0. The maximum atomic E-state index is 6.19. The molecule has 0 aromatic carbocycles. The Bertz CT molecular complexity index is 441. The topological polar surface area (TPSA) is 38.1 Å². The molecule has 3 nitrogen and oxygen atoms in total. The first-order chi connectivity index (χ1) is 7.29. The Morgan fingerprint density at radius 1 is 1.53 bits per heavy atom. The van der Waals surface area contributed by atoms with Crippen molar-refractivity contribution in [3.05, 3.63) is 16.4 Å². The molecule has 0 amide bonds. The molecule has 6 heteroatoms. The summed E-state index contributed by atoms with van der Waals surface area (Å²) >= 11 is 8.07. The van der Waals surface area contributed by atoms with E-state index in [1.54, 1.807) is 11.8 Å². The first kappa shape index (κ1) is 10.3. The van der Waals surface area contributed by atoms with Gasteiger partial charge >= 0.3 is 108 Å². The van der Waals surface area contributed by atoms with Crippen LogP contribution in [-0.2, 0) is 0 Å². The van der Waals surface area contributed by atoms with Gasteiger partial charge in [-0.05, 0) is 0 Å². The summed E-state index contributed by atoms with van der Waals surface area (Å²) in [5.41, 5.74) is 2.24. The summed E-state index contributed by atoms with van der Waals surface area (Å²) in [4.78, 5) is 13.0. The fourth-order valence-electron chi connectivity index (χ4n) is 1.42. The Morgan fingerprint density at radius 3 is 2.80 bits per heavy atom. The average Bonchev–Trinajstić information content (AvgIpc) is 3.07. The van der Waals surface area contributed by atoms with Gasteiger partial charge in [0.15, 0.2) is 0 Å².